The SMILES string of the molecule is CCCC1CCCN(c2cc(CN)cc(C(C)C)n2)CC1. The van der Waals surface area contributed by atoms with Gasteiger partial charge in [-0.15, -0.1) is 0 Å². The van der Waals surface area contributed by atoms with Gasteiger partial charge in [-0.1, -0.05) is 33.6 Å². The molecule has 1 aliphatic heterocycles. The molecule has 0 saturated carbocycles. The van der Waals surface area contributed by atoms with E-state index in [1.165, 1.54) is 43.4 Å². The third kappa shape index (κ3) is 4.44. The molecule has 1 aromatic rings. The molecule has 0 radical (unpaired) electrons. The molecule has 2 heterocycles. The summed E-state index contributed by atoms with van der Waals surface area (Å²) in [5.74, 6) is 2.50. The number of hydrogen-bond donors (Lipinski definition) is 1. The van der Waals surface area contributed by atoms with E-state index in [9.17, 15) is 0 Å². The van der Waals surface area contributed by atoms with Crippen molar-refractivity contribution >= 4 is 5.82 Å². The average molecular weight is 289 g/mol. The van der Waals surface area contributed by atoms with Gasteiger partial charge in [-0.25, -0.2) is 4.98 Å². The Bertz CT molecular complexity index is 442. The maximum absolute atomic E-state index is 5.86. The van der Waals surface area contributed by atoms with E-state index in [4.69, 9.17) is 10.7 Å². The van der Waals surface area contributed by atoms with E-state index in [0.29, 0.717) is 12.5 Å². The van der Waals surface area contributed by atoms with Gasteiger partial charge in [0.1, 0.15) is 5.82 Å². The second-order valence-corrected chi connectivity index (χ2v) is 6.69. The molecule has 0 amide bonds. The molecule has 0 aromatic carbocycles. The molecule has 3 heteroatoms. The Morgan fingerprint density at radius 3 is 2.76 bits per heavy atom. The molecule has 21 heavy (non-hydrogen) atoms. The van der Waals surface area contributed by atoms with E-state index >= 15 is 0 Å². The molecule has 2 rings (SSSR count). The molecule has 1 aromatic heterocycles. The van der Waals surface area contributed by atoms with Gasteiger partial charge in [-0.05, 0) is 48.8 Å². The second-order valence-electron chi connectivity index (χ2n) is 6.69. The lowest BCUT2D eigenvalue weighted by Gasteiger charge is -2.23. The highest BCUT2D eigenvalue weighted by Crippen LogP contribution is 2.26. The highest BCUT2D eigenvalue weighted by Gasteiger charge is 2.18. The number of rotatable bonds is 5. The molecule has 2 N–H and O–H groups in total. The summed E-state index contributed by atoms with van der Waals surface area (Å²) < 4.78 is 0. The fraction of sp³-hybridized carbons (Fsp3) is 0.722. The van der Waals surface area contributed by atoms with Crippen molar-refractivity contribution in [3.05, 3.63) is 23.4 Å². The maximum atomic E-state index is 5.86. The van der Waals surface area contributed by atoms with E-state index < -0.39 is 0 Å². The molecule has 1 unspecified atom stereocenters. The fourth-order valence-corrected chi connectivity index (χ4v) is 3.26. The summed E-state index contributed by atoms with van der Waals surface area (Å²) in [6.07, 6.45) is 6.65. The summed E-state index contributed by atoms with van der Waals surface area (Å²) in [6.45, 7) is 9.58. The Kier molecular flexibility index (Phi) is 6.04. The second kappa shape index (κ2) is 7.79. The van der Waals surface area contributed by atoms with E-state index in [0.717, 1.165) is 24.8 Å². The Hall–Kier alpha value is -1.09. The van der Waals surface area contributed by atoms with E-state index in [1.807, 2.05) is 0 Å². The van der Waals surface area contributed by atoms with Crippen LogP contribution in [0.25, 0.3) is 0 Å². The third-order valence-electron chi connectivity index (χ3n) is 4.59. The van der Waals surface area contributed by atoms with Crippen molar-refractivity contribution in [2.45, 2.75) is 65.3 Å². The van der Waals surface area contributed by atoms with Crippen LogP contribution in [0.5, 0.6) is 0 Å². The van der Waals surface area contributed by atoms with Crippen molar-refractivity contribution < 1.29 is 0 Å². The van der Waals surface area contributed by atoms with Gasteiger partial charge in [0, 0.05) is 25.3 Å². The number of anilines is 1. The highest BCUT2D eigenvalue weighted by atomic mass is 15.2. The monoisotopic (exact) mass is 289 g/mol. The summed E-state index contributed by atoms with van der Waals surface area (Å²) in [5.41, 5.74) is 8.24. The minimum Gasteiger partial charge on any atom is -0.357 e. The minimum atomic E-state index is 0.454. The van der Waals surface area contributed by atoms with Crippen LogP contribution in [0.2, 0.25) is 0 Å². The summed E-state index contributed by atoms with van der Waals surface area (Å²) in [5, 5.41) is 0. The normalized spacial score (nSPS) is 19.9. The minimum absolute atomic E-state index is 0.454. The average Bonchev–Trinajstić information content (AvgIpc) is 2.73. The van der Waals surface area contributed by atoms with Crippen LogP contribution in [0.4, 0.5) is 5.82 Å². The van der Waals surface area contributed by atoms with Crippen LogP contribution in [0.1, 0.15) is 70.1 Å². The van der Waals surface area contributed by atoms with Crippen LogP contribution in [0.3, 0.4) is 0 Å². The molecular weight excluding hydrogens is 258 g/mol. The fourth-order valence-electron chi connectivity index (χ4n) is 3.26. The first kappa shape index (κ1) is 16.3. The van der Waals surface area contributed by atoms with E-state index in [-0.39, 0.29) is 0 Å². The summed E-state index contributed by atoms with van der Waals surface area (Å²) >= 11 is 0. The van der Waals surface area contributed by atoms with Gasteiger partial charge in [0.25, 0.3) is 0 Å². The lowest BCUT2D eigenvalue weighted by molar-refractivity contribution is 0.435. The van der Waals surface area contributed by atoms with Crippen LogP contribution >= 0.6 is 0 Å². The number of pyridine rings is 1. The molecule has 3 nitrogen and oxygen atoms in total. The van der Waals surface area contributed by atoms with E-state index in [2.05, 4.69) is 37.8 Å². The van der Waals surface area contributed by atoms with Crippen molar-refractivity contribution in [2.24, 2.45) is 11.7 Å². The van der Waals surface area contributed by atoms with Gasteiger partial charge in [-0.2, -0.15) is 0 Å². The smallest absolute Gasteiger partial charge is 0.129 e. The van der Waals surface area contributed by atoms with Crippen LogP contribution in [0.15, 0.2) is 12.1 Å². The number of aromatic nitrogens is 1. The van der Waals surface area contributed by atoms with Crippen molar-refractivity contribution in [1.82, 2.24) is 4.98 Å². The zero-order valence-electron chi connectivity index (χ0n) is 13.9. The summed E-state index contributed by atoms with van der Waals surface area (Å²) in [6, 6.07) is 4.35. The standard InChI is InChI=1S/C18H31N3/c1-4-6-15-7-5-9-21(10-8-15)18-12-16(13-19)11-17(20-18)14(2)3/h11-12,14-15H,4-10,13,19H2,1-3H3. The van der Waals surface area contributed by atoms with Gasteiger partial charge < -0.3 is 10.6 Å². The molecule has 1 aliphatic rings. The Morgan fingerprint density at radius 1 is 1.29 bits per heavy atom. The Balaban J connectivity index is 2.15. The Morgan fingerprint density at radius 2 is 2.10 bits per heavy atom. The molecule has 0 spiro atoms. The first-order valence-electron chi connectivity index (χ1n) is 8.60. The van der Waals surface area contributed by atoms with Crippen molar-refractivity contribution in [3.63, 3.8) is 0 Å². The van der Waals surface area contributed by atoms with Gasteiger partial charge in [-0.3, -0.25) is 0 Å². The number of nitrogens with zero attached hydrogens (tertiary/aromatic N) is 2. The first-order valence-corrected chi connectivity index (χ1v) is 8.60. The van der Waals surface area contributed by atoms with Crippen molar-refractivity contribution in [2.75, 3.05) is 18.0 Å². The molecule has 118 valence electrons. The van der Waals surface area contributed by atoms with Crippen LogP contribution in [0, 0.1) is 5.92 Å². The lowest BCUT2D eigenvalue weighted by Crippen LogP contribution is -2.26. The summed E-state index contributed by atoms with van der Waals surface area (Å²) in [7, 11) is 0. The molecule has 0 aliphatic carbocycles. The Labute approximate surface area is 129 Å². The predicted octanol–water partition coefficient (Wildman–Crippen LogP) is 4.07. The number of hydrogen-bond acceptors (Lipinski definition) is 3. The van der Waals surface area contributed by atoms with Crippen LogP contribution < -0.4 is 10.6 Å². The molecule has 1 saturated heterocycles. The van der Waals surface area contributed by atoms with Crippen molar-refractivity contribution in [3.8, 4) is 0 Å². The molecular formula is C18H31N3. The van der Waals surface area contributed by atoms with Crippen LogP contribution in [-0.4, -0.2) is 18.1 Å². The van der Waals surface area contributed by atoms with Crippen LogP contribution in [-0.2, 0) is 6.54 Å². The van der Waals surface area contributed by atoms with Gasteiger partial charge >= 0.3 is 0 Å². The first-order chi connectivity index (χ1) is 10.1. The predicted molar refractivity (Wildman–Crippen MR) is 90.7 cm³/mol. The van der Waals surface area contributed by atoms with Gasteiger partial charge in [0.05, 0.1) is 0 Å². The van der Waals surface area contributed by atoms with E-state index in [1.54, 1.807) is 0 Å². The summed E-state index contributed by atoms with van der Waals surface area (Å²) in [4.78, 5) is 7.36. The molecule has 1 atom stereocenters. The van der Waals surface area contributed by atoms with Gasteiger partial charge in [0.15, 0.2) is 0 Å². The topological polar surface area (TPSA) is 42.1 Å². The van der Waals surface area contributed by atoms with Crippen molar-refractivity contribution in [1.29, 1.82) is 0 Å². The lowest BCUT2D eigenvalue weighted by atomic mass is 9.96. The molecule has 1 fully saturated rings. The highest BCUT2D eigenvalue weighted by molar-refractivity contribution is 5.43. The van der Waals surface area contributed by atoms with Gasteiger partial charge in [0.2, 0.25) is 0 Å². The largest absolute Gasteiger partial charge is 0.357 e. The zero-order chi connectivity index (χ0) is 15.2. The quantitative estimate of drug-likeness (QED) is 0.888. The zero-order valence-corrected chi connectivity index (χ0v) is 13.9. The third-order valence-corrected chi connectivity index (χ3v) is 4.59. The molecule has 0 bridgehead atoms. The maximum Gasteiger partial charge on any atom is 0.129 e. The number of nitrogens with two attached hydrogens (primary N) is 1.